The fourth-order valence-electron chi connectivity index (χ4n) is 0.469. The van der Waals surface area contributed by atoms with Crippen molar-refractivity contribution >= 4 is 29.1 Å². The average Bonchev–Trinajstić information content (AvgIpc) is 1.98. The van der Waals surface area contributed by atoms with Crippen LogP contribution in [0.4, 0.5) is 0 Å². The fourth-order valence-corrected chi connectivity index (χ4v) is 1.11. The van der Waals surface area contributed by atoms with E-state index < -0.39 is 0 Å². The van der Waals surface area contributed by atoms with E-state index in [2.05, 4.69) is 17.6 Å². The van der Waals surface area contributed by atoms with Crippen molar-refractivity contribution in [1.29, 1.82) is 0 Å². The third-order valence-electron chi connectivity index (χ3n) is 0.963. The minimum atomic E-state index is 0.733. The number of hydrogen-bond donors (Lipinski definition) is 2. The Labute approximate surface area is 72.1 Å². The van der Waals surface area contributed by atoms with Crippen LogP contribution in [0.25, 0.3) is 0 Å². The summed E-state index contributed by atoms with van der Waals surface area (Å²) in [4.78, 5) is 0. The first-order valence-electron chi connectivity index (χ1n) is 3.34. The van der Waals surface area contributed by atoms with Crippen molar-refractivity contribution in [1.82, 2.24) is 10.6 Å². The van der Waals surface area contributed by atoms with Gasteiger partial charge >= 0.3 is 0 Å². The van der Waals surface area contributed by atoms with Gasteiger partial charge in [0.05, 0.1) is 0 Å². The molecule has 0 aliphatic heterocycles. The molecule has 0 aliphatic carbocycles. The number of nitrogens with one attached hydrogen (secondary N) is 2. The summed E-state index contributed by atoms with van der Waals surface area (Å²) in [5.41, 5.74) is 0. The van der Waals surface area contributed by atoms with Crippen LogP contribution in [-0.4, -0.2) is 30.2 Å². The predicted molar refractivity (Wildman–Crippen MR) is 52.7 cm³/mol. The molecule has 60 valence electrons. The van der Waals surface area contributed by atoms with Crippen LogP contribution >= 0.6 is 24.0 Å². The van der Waals surface area contributed by atoms with Crippen LogP contribution in [0, 0.1) is 0 Å². The summed E-state index contributed by atoms with van der Waals surface area (Å²) < 4.78 is 0. The Balaban J connectivity index is 2.96. The fraction of sp³-hybridized carbons (Fsp3) is 0.833. The van der Waals surface area contributed by atoms with E-state index in [0.29, 0.717) is 0 Å². The highest BCUT2D eigenvalue weighted by Crippen LogP contribution is 1.94. The maximum Gasteiger partial charge on any atom is 0.166 e. The first kappa shape index (κ1) is 10.0. The zero-order valence-corrected chi connectivity index (χ0v) is 8.07. The highest BCUT2D eigenvalue weighted by Gasteiger charge is 1.88. The van der Waals surface area contributed by atoms with E-state index in [1.54, 1.807) is 0 Å². The van der Waals surface area contributed by atoms with E-state index in [-0.39, 0.29) is 0 Å². The molecular formula is C6H14N2S2. The second-order valence-electron chi connectivity index (χ2n) is 1.70. The Hall–Kier alpha value is 0.0400. The lowest BCUT2D eigenvalue weighted by atomic mass is 10.7. The van der Waals surface area contributed by atoms with Crippen LogP contribution in [0.3, 0.4) is 0 Å². The van der Waals surface area contributed by atoms with Gasteiger partial charge in [0.2, 0.25) is 0 Å². The maximum absolute atomic E-state index is 4.87. The van der Waals surface area contributed by atoms with Gasteiger partial charge in [-0.2, -0.15) is 11.8 Å². The van der Waals surface area contributed by atoms with Crippen LogP contribution in [0.2, 0.25) is 0 Å². The third-order valence-corrected chi connectivity index (χ3v) is 2.21. The van der Waals surface area contributed by atoms with Gasteiger partial charge in [0.25, 0.3) is 0 Å². The molecule has 0 saturated carbocycles. The molecule has 0 rings (SSSR count). The molecule has 2 N–H and O–H groups in total. The van der Waals surface area contributed by atoms with Gasteiger partial charge < -0.3 is 10.6 Å². The van der Waals surface area contributed by atoms with Gasteiger partial charge in [0, 0.05) is 19.3 Å². The lowest BCUT2D eigenvalue weighted by Crippen LogP contribution is -2.33. The summed E-state index contributed by atoms with van der Waals surface area (Å²) in [6.45, 7) is 3.11. The van der Waals surface area contributed by atoms with Crippen molar-refractivity contribution in [2.24, 2.45) is 0 Å². The molecule has 0 saturated heterocycles. The van der Waals surface area contributed by atoms with Crippen LogP contribution in [-0.2, 0) is 0 Å². The second kappa shape index (κ2) is 7.15. The molecule has 0 fully saturated rings. The molecule has 0 spiro atoms. The van der Waals surface area contributed by atoms with Crippen LogP contribution in [0.5, 0.6) is 0 Å². The quantitative estimate of drug-likeness (QED) is 0.492. The molecule has 0 aliphatic rings. The van der Waals surface area contributed by atoms with E-state index in [4.69, 9.17) is 12.2 Å². The van der Waals surface area contributed by atoms with Gasteiger partial charge in [-0.05, 0) is 18.0 Å². The monoisotopic (exact) mass is 178 g/mol. The van der Waals surface area contributed by atoms with Crippen molar-refractivity contribution < 1.29 is 0 Å². The van der Waals surface area contributed by atoms with Crippen LogP contribution in [0.15, 0.2) is 0 Å². The molecule has 0 unspecified atom stereocenters. The Bertz CT molecular complexity index is 95.7. The second-order valence-corrected chi connectivity index (χ2v) is 3.50. The predicted octanol–water partition coefficient (Wildman–Crippen LogP) is 0.833. The molecule has 0 atom stereocenters. The van der Waals surface area contributed by atoms with E-state index in [9.17, 15) is 0 Å². The van der Waals surface area contributed by atoms with Gasteiger partial charge in [-0.1, -0.05) is 6.92 Å². The molecule has 0 heterocycles. The van der Waals surface area contributed by atoms with Crippen molar-refractivity contribution in [3.05, 3.63) is 0 Å². The van der Waals surface area contributed by atoms with Gasteiger partial charge in [0.15, 0.2) is 5.11 Å². The van der Waals surface area contributed by atoms with E-state index in [1.165, 1.54) is 5.75 Å². The topological polar surface area (TPSA) is 24.1 Å². The largest absolute Gasteiger partial charge is 0.366 e. The molecule has 10 heavy (non-hydrogen) atoms. The van der Waals surface area contributed by atoms with Crippen molar-refractivity contribution in [2.75, 3.05) is 25.1 Å². The minimum Gasteiger partial charge on any atom is -0.366 e. The number of hydrogen-bond acceptors (Lipinski definition) is 2. The van der Waals surface area contributed by atoms with Gasteiger partial charge in [-0.15, -0.1) is 0 Å². The van der Waals surface area contributed by atoms with Crippen LogP contribution in [0.1, 0.15) is 6.92 Å². The molecule has 0 aromatic heterocycles. The zero-order valence-electron chi connectivity index (χ0n) is 6.44. The SMILES string of the molecule is CCSCCNC(=S)NC. The Morgan fingerprint density at radius 2 is 2.30 bits per heavy atom. The summed E-state index contributed by atoms with van der Waals surface area (Å²) in [7, 11) is 1.82. The summed E-state index contributed by atoms with van der Waals surface area (Å²) in [6.07, 6.45) is 0. The first-order valence-corrected chi connectivity index (χ1v) is 4.91. The molecule has 0 radical (unpaired) electrons. The molecule has 0 amide bonds. The average molecular weight is 178 g/mol. The standard InChI is InChI=1S/C6H14N2S2/c1-3-10-5-4-8-6(9)7-2/h3-5H2,1-2H3,(H2,7,8,9). The summed E-state index contributed by atoms with van der Waals surface area (Å²) in [6, 6.07) is 0. The highest BCUT2D eigenvalue weighted by atomic mass is 32.2. The zero-order chi connectivity index (χ0) is 7.82. The summed E-state index contributed by atoms with van der Waals surface area (Å²) in [5.74, 6) is 2.30. The van der Waals surface area contributed by atoms with Gasteiger partial charge in [-0.25, -0.2) is 0 Å². The lowest BCUT2D eigenvalue weighted by molar-refractivity contribution is 0.943. The normalized spacial score (nSPS) is 9.00. The smallest absolute Gasteiger partial charge is 0.166 e. The van der Waals surface area contributed by atoms with Crippen molar-refractivity contribution in [3.63, 3.8) is 0 Å². The molecule has 0 aromatic carbocycles. The molecule has 0 aromatic rings. The number of thiocarbonyl (C=S) groups is 1. The number of thioether (sulfide) groups is 1. The molecule has 0 bridgehead atoms. The summed E-state index contributed by atoms with van der Waals surface area (Å²) >= 11 is 6.78. The third kappa shape index (κ3) is 6.16. The molecule has 4 heteroatoms. The van der Waals surface area contributed by atoms with E-state index in [0.717, 1.165) is 17.4 Å². The van der Waals surface area contributed by atoms with Gasteiger partial charge in [0.1, 0.15) is 0 Å². The van der Waals surface area contributed by atoms with E-state index in [1.807, 2.05) is 18.8 Å². The highest BCUT2D eigenvalue weighted by molar-refractivity contribution is 7.99. The van der Waals surface area contributed by atoms with Crippen molar-refractivity contribution in [3.8, 4) is 0 Å². The Morgan fingerprint density at radius 3 is 2.80 bits per heavy atom. The number of rotatable bonds is 4. The molecule has 2 nitrogen and oxygen atoms in total. The van der Waals surface area contributed by atoms with Crippen LogP contribution < -0.4 is 10.6 Å². The van der Waals surface area contributed by atoms with Crippen molar-refractivity contribution in [2.45, 2.75) is 6.92 Å². The Morgan fingerprint density at radius 1 is 1.60 bits per heavy atom. The molecular weight excluding hydrogens is 164 g/mol. The first-order chi connectivity index (χ1) is 4.81. The van der Waals surface area contributed by atoms with Gasteiger partial charge in [-0.3, -0.25) is 0 Å². The summed E-state index contributed by atoms with van der Waals surface area (Å²) in [5, 5.41) is 6.65. The maximum atomic E-state index is 4.87. The minimum absolute atomic E-state index is 0.733. The lowest BCUT2D eigenvalue weighted by Gasteiger charge is -2.04. The van der Waals surface area contributed by atoms with E-state index >= 15 is 0 Å². The Kier molecular flexibility index (Phi) is 7.18.